The molecule has 2 fully saturated rings. The van der Waals surface area contributed by atoms with Gasteiger partial charge in [-0.25, -0.2) is 4.79 Å². The number of thiocarbonyl (C=S) groups is 1. The van der Waals surface area contributed by atoms with Crippen LogP contribution >= 0.6 is 12.2 Å². The summed E-state index contributed by atoms with van der Waals surface area (Å²) in [6.07, 6.45) is 5.50. The Labute approximate surface area is 181 Å². The second kappa shape index (κ2) is 10.6. The number of unbranched alkanes of at least 4 members (excludes halogenated alkanes) is 1. The molecule has 2 saturated heterocycles. The largest absolute Gasteiger partial charge is 0.367 e. The van der Waals surface area contributed by atoms with Crippen LogP contribution in [0.4, 0.5) is 4.79 Å². The molecule has 7 nitrogen and oxygen atoms in total. The SMILES string of the molecule is CCCCC1CN(C(=O)NCC2CCCN2C(=O)[C@@H](NC(=S)CN)C(C)(C)C)C1. The van der Waals surface area contributed by atoms with E-state index in [9.17, 15) is 9.59 Å². The van der Waals surface area contributed by atoms with E-state index in [-0.39, 0.29) is 29.9 Å². The van der Waals surface area contributed by atoms with Crippen molar-refractivity contribution in [1.29, 1.82) is 0 Å². The molecule has 0 saturated carbocycles. The van der Waals surface area contributed by atoms with Gasteiger partial charge >= 0.3 is 6.03 Å². The van der Waals surface area contributed by atoms with Crippen LogP contribution in [0.15, 0.2) is 0 Å². The smallest absolute Gasteiger partial charge is 0.317 e. The maximum absolute atomic E-state index is 13.3. The van der Waals surface area contributed by atoms with Crippen molar-refractivity contribution < 1.29 is 9.59 Å². The van der Waals surface area contributed by atoms with E-state index in [0.29, 0.717) is 24.0 Å². The van der Waals surface area contributed by atoms with Crippen molar-refractivity contribution in [2.24, 2.45) is 17.1 Å². The van der Waals surface area contributed by atoms with Crippen molar-refractivity contribution in [2.45, 2.75) is 71.9 Å². The van der Waals surface area contributed by atoms with Crippen LogP contribution in [0.25, 0.3) is 0 Å². The Morgan fingerprint density at radius 1 is 1.28 bits per heavy atom. The van der Waals surface area contributed by atoms with Crippen LogP contribution in [0, 0.1) is 11.3 Å². The Bertz CT molecular complexity index is 586. The molecule has 2 heterocycles. The minimum absolute atomic E-state index is 0.00754. The number of nitrogens with one attached hydrogen (secondary N) is 2. The fourth-order valence-corrected chi connectivity index (χ4v) is 4.22. The van der Waals surface area contributed by atoms with Gasteiger partial charge in [0.2, 0.25) is 5.91 Å². The summed E-state index contributed by atoms with van der Waals surface area (Å²) in [7, 11) is 0. The molecule has 0 aliphatic carbocycles. The van der Waals surface area contributed by atoms with E-state index in [2.05, 4.69) is 17.6 Å². The van der Waals surface area contributed by atoms with Gasteiger partial charge in [0.05, 0.1) is 4.99 Å². The minimum Gasteiger partial charge on any atom is -0.367 e. The monoisotopic (exact) mass is 425 g/mol. The van der Waals surface area contributed by atoms with Crippen LogP contribution in [0.2, 0.25) is 0 Å². The van der Waals surface area contributed by atoms with Crippen LogP contribution in [0.5, 0.6) is 0 Å². The van der Waals surface area contributed by atoms with Crippen molar-refractivity contribution >= 4 is 29.1 Å². The molecule has 0 radical (unpaired) electrons. The van der Waals surface area contributed by atoms with Crippen LogP contribution in [-0.4, -0.2) is 71.5 Å². The first-order valence-electron chi connectivity index (χ1n) is 11.0. The number of amides is 3. The van der Waals surface area contributed by atoms with Crippen molar-refractivity contribution in [3.63, 3.8) is 0 Å². The van der Waals surface area contributed by atoms with E-state index in [1.54, 1.807) is 0 Å². The molecule has 29 heavy (non-hydrogen) atoms. The van der Waals surface area contributed by atoms with Gasteiger partial charge in [-0.05, 0) is 30.6 Å². The molecule has 0 aromatic carbocycles. The Balaban J connectivity index is 1.87. The third-order valence-electron chi connectivity index (χ3n) is 5.96. The van der Waals surface area contributed by atoms with Gasteiger partial charge < -0.3 is 26.2 Å². The predicted octanol–water partition coefficient (Wildman–Crippen LogP) is 2.10. The summed E-state index contributed by atoms with van der Waals surface area (Å²) in [5, 5.41) is 6.19. The molecule has 2 rings (SSSR count). The summed E-state index contributed by atoms with van der Waals surface area (Å²) in [5.74, 6) is 0.684. The summed E-state index contributed by atoms with van der Waals surface area (Å²) in [5.41, 5.74) is 5.33. The fraction of sp³-hybridized carbons (Fsp3) is 0.857. The van der Waals surface area contributed by atoms with Crippen LogP contribution in [0.3, 0.4) is 0 Å². The average Bonchev–Trinajstić information content (AvgIpc) is 3.10. The highest BCUT2D eigenvalue weighted by Gasteiger charge is 2.39. The van der Waals surface area contributed by atoms with Crippen LogP contribution in [-0.2, 0) is 4.79 Å². The zero-order valence-electron chi connectivity index (χ0n) is 18.5. The lowest BCUT2D eigenvalue weighted by molar-refractivity contribution is -0.136. The molecule has 1 unspecified atom stereocenters. The van der Waals surface area contributed by atoms with Gasteiger partial charge in [-0.3, -0.25) is 4.79 Å². The molecule has 0 aromatic heterocycles. The summed E-state index contributed by atoms with van der Waals surface area (Å²) in [6.45, 7) is 11.4. The number of likely N-dealkylation sites (tertiary alicyclic amines) is 2. The lowest BCUT2D eigenvalue weighted by Gasteiger charge is -2.40. The van der Waals surface area contributed by atoms with E-state index in [1.165, 1.54) is 19.3 Å². The number of nitrogens with two attached hydrogens (primary N) is 1. The van der Waals surface area contributed by atoms with Crippen LogP contribution in [0.1, 0.15) is 59.8 Å². The number of carbonyl (C=O) groups is 2. The quantitative estimate of drug-likeness (QED) is 0.518. The topological polar surface area (TPSA) is 90.7 Å². The third-order valence-corrected chi connectivity index (χ3v) is 6.25. The number of rotatable bonds is 8. The maximum Gasteiger partial charge on any atom is 0.317 e. The number of urea groups is 1. The summed E-state index contributed by atoms with van der Waals surface area (Å²) in [6, 6.07) is -0.405. The highest BCUT2D eigenvalue weighted by atomic mass is 32.1. The van der Waals surface area contributed by atoms with E-state index in [4.69, 9.17) is 18.0 Å². The molecule has 8 heteroatoms. The van der Waals surface area contributed by atoms with Gasteiger partial charge in [0.15, 0.2) is 0 Å². The number of hydrogen-bond acceptors (Lipinski definition) is 4. The first-order valence-corrected chi connectivity index (χ1v) is 11.4. The van der Waals surface area contributed by atoms with Gasteiger partial charge in [0.1, 0.15) is 6.04 Å². The molecule has 2 aliphatic heterocycles. The fourth-order valence-electron chi connectivity index (χ4n) is 4.10. The molecule has 166 valence electrons. The van der Waals surface area contributed by atoms with E-state index in [1.807, 2.05) is 30.6 Å². The van der Waals surface area contributed by atoms with Crippen molar-refractivity contribution in [1.82, 2.24) is 20.4 Å². The molecule has 2 aliphatic rings. The van der Waals surface area contributed by atoms with E-state index in [0.717, 1.165) is 25.9 Å². The molecule has 0 spiro atoms. The van der Waals surface area contributed by atoms with Crippen molar-refractivity contribution in [2.75, 3.05) is 32.7 Å². The third kappa shape index (κ3) is 6.54. The number of nitrogens with zero attached hydrogens (tertiary/aromatic N) is 2. The van der Waals surface area contributed by atoms with Crippen molar-refractivity contribution in [3.05, 3.63) is 0 Å². The summed E-state index contributed by atoms with van der Waals surface area (Å²) >= 11 is 5.22. The highest BCUT2D eigenvalue weighted by Crippen LogP contribution is 2.26. The second-order valence-corrected chi connectivity index (χ2v) is 9.99. The van der Waals surface area contributed by atoms with E-state index < -0.39 is 6.04 Å². The lowest BCUT2D eigenvalue weighted by Crippen LogP contribution is -2.58. The van der Waals surface area contributed by atoms with Crippen molar-refractivity contribution in [3.8, 4) is 0 Å². The minimum atomic E-state index is -0.426. The maximum atomic E-state index is 13.3. The van der Waals surface area contributed by atoms with E-state index >= 15 is 0 Å². The Kier molecular flexibility index (Phi) is 8.70. The Morgan fingerprint density at radius 3 is 2.55 bits per heavy atom. The van der Waals surface area contributed by atoms with Gasteiger partial charge in [0, 0.05) is 38.8 Å². The summed E-state index contributed by atoms with van der Waals surface area (Å²) < 4.78 is 0. The predicted molar refractivity (Wildman–Crippen MR) is 121 cm³/mol. The molecule has 0 bridgehead atoms. The van der Waals surface area contributed by atoms with Gasteiger partial charge in [-0.15, -0.1) is 0 Å². The van der Waals surface area contributed by atoms with Crippen LogP contribution < -0.4 is 16.4 Å². The number of hydrogen-bond donors (Lipinski definition) is 3. The Morgan fingerprint density at radius 2 is 1.97 bits per heavy atom. The average molecular weight is 426 g/mol. The molecule has 4 N–H and O–H groups in total. The summed E-state index contributed by atoms with van der Waals surface area (Å²) in [4.78, 5) is 30.0. The standard InChI is InChI=1S/C21H39N5O2S/c1-5-6-8-15-13-25(14-15)20(28)23-12-16-9-7-10-26(16)19(27)18(21(2,3)4)24-17(29)11-22/h15-16,18H,5-14,22H2,1-4H3,(H,23,28)(H,24,29)/t16?,18-/m1/s1. The molecule has 3 amide bonds. The number of carbonyl (C=O) groups excluding carboxylic acids is 2. The molecule has 2 atom stereocenters. The first kappa shape index (κ1) is 23.9. The first-order chi connectivity index (χ1) is 13.7. The van der Waals surface area contributed by atoms with Gasteiger partial charge in [-0.1, -0.05) is 52.8 Å². The van der Waals surface area contributed by atoms with Gasteiger partial charge in [0.25, 0.3) is 0 Å². The lowest BCUT2D eigenvalue weighted by atomic mass is 9.85. The zero-order chi connectivity index (χ0) is 21.6. The molecular weight excluding hydrogens is 386 g/mol. The Hall–Kier alpha value is -1.41. The molecule has 0 aromatic rings. The normalized spacial score (nSPS) is 20.9. The second-order valence-electron chi connectivity index (χ2n) is 9.50. The highest BCUT2D eigenvalue weighted by molar-refractivity contribution is 7.80. The zero-order valence-corrected chi connectivity index (χ0v) is 19.3. The van der Waals surface area contributed by atoms with Gasteiger partial charge in [-0.2, -0.15) is 0 Å². The molecular formula is C21H39N5O2S.